The van der Waals surface area contributed by atoms with Crippen molar-refractivity contribution in [2.75, 3.05) is 20.4 Å². The lowest BCUT2D eigenvalue weighted by atomic mass is 10.1. The standard InChI is InChI=1S/C18H22N2O3S/c1-3-4-5-6-9-20-17(21)14(19(2)18(20)24)10-13-7-8-15-16(11-13)23-12-22-15/h7-8,10-11H,3-6,9,12H2,1-2H3/b14-10-. The van der Waals surface area contributed by atoms with Crippen LogP contribution in [-0.2, 0) is 4.79 Å². The van der Waals surface area contributed by atoms with E-state index in [4.69, 9.17) is 21.7 Å². The monoisotopic (exact) mass is 346 g/mol. The third-order valence-electron chi connectivity index (χ3n) is 4.28. The number of benzene rings is 1. The van der Waals surface area contributed by atoms with Crippen LogP contribution in [0.2, 0.25) is 0 Å². The van der Waals surface area contributed by atoms with E-state index in [1.165, 1.54) is 12.8 Å². The van der Waals surface area contributed by atoms with Crippen molar-refractivity contribution < 1.29 is 14.3 Å². The zero-order valence-electron chi connectivity index (χ0n) is 14.1. The molecule has 0 aromatic heterocycles. The second-order valence-electron chi connectivity index (χ2n) is 6.00. The molecule has 24 heavy (non-hydrogen) atoms. The summed E-state index contributed by atoms with van der Waals surface area (Å²) in [6, 6.07) is 5.65. The van der Waals surface area contributed by atoms with Gasteiger partial charge in [0.05, 0.1) is 0 Å². The van der Waals surface area contributed by atoms with Crippen molar-refractivity contribution in [3.63, 3.8) is 0 Å². The molecule has 1 fully saturated rings. The third-order valence-corrected chi connectivity index (χ3v) is 4.77. The van der Waals surface area contributed by atoms with Gasteiger partial charge in [0.15, 0.2) is 16.6 Å². The number of likely N-dealkylation sites (N-methyl/N-ethyl adjacent to an activating group) is 1. The number of carbonyl (C=O) groups excluding carboxylic acids is 1. The Morgan fingerprint density at radius 3 is 2.79 bits per heavy atom. The molecule has 0 N–H and O–H groups in total. The van der Waals surface area contributed by atoms with Gasteiger partial charge in [-0.2, -0.15) is 0 Å². The lowest BCUT2D eigenvalue weighted by Crippen LogP contribution is -2.32. The highest BCUT2D eigenvalue weighted by atomic mass is 32.1. The van der Waals surface area contributed by atoms with Crippen molar-refractivity contribution in [1.82, 2.24) is 9.80 Å². The van der Waals surface area contributed by atoms with Crippen LogP contribution in [0.15, 0.2) is 23.9 Å². The smallest absolute Gasteiger partial charge is 0.276 e. The number of nitrogens with zero attached hydrogens (tertiary/aromatic N) is 2. The van der Waals surface area contributed by atoms with Gasteiger partial charge in [-0.25, -0.2) is 0 Å². The molecule has 3 rings (SSSR count). The maximum Gasteiger partial charge on any atom is 0.276 e. The Kier molecular flexibility index (Phi) is 5.04. The number of amides is 1. The van der Waals surface area contributed by atoms with Crippen molar-refractivity contribution >= 4 is 29.3 Å². The number of thiocarbonyl (C=S) groups is 1. The largest absolute Gasteiger partial charge is 0.454 e. The number of hydrogen-bond acceptors (Lipinski definition) is 4. The Hall–Kier alpha value is -2.08. The molecule has 1 saturated heterocycles. The molecular formula is C18H22N2O3S. The molecule has 0 bridgehead atoms. The lowest BCUT2D eigenvalue weighted by molar-refractivity contribution is -0.122. The molecule has 0 spiro atoms. The first-order valence-electron chi connectivity index (χ1n) is 8.32. The summed E-state index contributed by atoms with van der Waals surface area (Å²) < 4.78 is 10.7. The highest BCUT2D eigenvalue weighted by Gasteiger charge is 2.35. The average molecular weight is 346 g/mol. The maximum absolute atomic E-state index is 12.7. The minimum Gasteiger partial charge on any atom is -0.454 e. The molecule has 0 unspecified atom stereocenters. The summed E-state index contributed by atoms with van der Waals surface area (Å²) in [6.07, 6.45) is 6.30. The fourth-order valence-electron chi connectivity index (χ4n) is 2.87. The maximum atomic E-state index is 12.7. The van der Waals surface area contributed by atoms with Gasteiger partial charge < -0.3 is 14.4 Å². The van der Waals surface area contributed by atoms with Crippen molar-refractivity contribution in [2.24, 2.45) is 0 Å². The molecule has 0 atom stereocenters. The summed E-state index contributed by atoms with van der Waals surface area (Å²) in [5, 5.41) is 0.573. The lowest BCUT2D eigenvalue weighted by Gasteiger charge is -2.16. The topological polar surface area (TPSA) is 42.0 Å². The first-order chi connectivity index (χ1) is 11.6. The van der Waals surface area contributed by atoms with Gasteiger partial charge in [0.2, 0.25) is 6.79 Å². The van der Waals surface area contributed by atoms with E-state index in [-0.39, 0.29) is 12.7 Å². The highest BCUT2D eigenvalue weighted by Crippen LogP contribution is 2.33. The van der Waals surface area contributed by atoms with E-state index in [1.807, 2.05) is 31.3 Å². The van der Waals surface area contributed by atoms with Crippen LogP contribution >= 0.6 is 12.2 Å². The van der Waals surface area contributed by atoms with Gasteiger partial charge in [-0.1, -0.05) is 32.3 Å². The van der Waals surface area contributed by atoms with Crippen LogP contribution < -0.4 is 9.47 Å². The van der Waals surface area contributed by atoms with E-state index in [9.17, 15) is 4.79 Å². The van der Waals surface area contributed by atoms with Crippen molar-refractivity contribution in [2.45, 2.75) is 32.6 Å². The first kappa shape index (κ1) is 16.8. The quantitative estimate of drug-likeness (QED) is 0.449. The Labute approximate surface area is 147 Å². The van der Waals surface area contributed by atoms with Gasteiger partial charge in [-0.15, -0.1) is 0 Å². The van der Waals surface area contributed by atoms with E-state index in [2.05, 4.69) is 6.92 Å². The summed E-state index contributed by atoms with van der Waals surface area (Å²) in [5.74, 6) is 1.41. The summed E-state index contributed by atoms with van der Waals surface area (Å²) >= 11 is 5.44. The van der Waals surface area contributed by atoms with Gasteiger partial charge in [0.1, 0.15) is 5.70 Å². The van der Waals surface area contributed by atoms with Crippen molar-refractivity contribution in [3.8, 4) is 11.5 Å². The minimum absolute atomic E-state index is 0.0309. The fraction of sp³-hybridized carbons (Fsp3) is 0.444. The molecule has 2 heterocycles. The summed E-state index contributed by atoms with van der Waals surface area (Å²) in [4.78, 5) is 16.2. The normalized spacial score (nSPS) is 18.2. The number of ether oxygens (including phenoxy) is 2. The zero-order valence-corrected chi connectivity index (χ0v) is 14.9. The summed E-state index contributed by atoms with van der Waals surface area (Å²) in [6.45, 7) is 3.09. The molecule has 0 saturated carbocycles. The Morgan fingerprint density at radius 1 is 1.21 bits per heavy atom. The number of carbonyl (C=O) groups is 1. The fourth-order valence-corrected chi connectivity index (χ4v) is 3.14. The molecular weight excluding hydrogens is 324 g/mol. The number of hydrogen-bond donors (Lipinski definition) is 0. The Balaban J connectivity index is 1.75. The second kappa shape index (κ2) is 7.21. The number of unbranched alkanes of at least 4 members (excludes halogenated alkanes) is 3. The van der Waals surface area contributed by atoms with Crippen molar-refractivity contribution in [1.29, 1.82) is 0 Å². The van der Waals surface area contributed by atoms with Crippen LogP contribution in [0.3, 0.4) is 0 Å². The molecule has 5 nitrogen and oxygen atoms in total. The molecule has 128 valence electrons. The van der Waals surface area contributed by atoms with E-state index in [0.717, 1.165) is 24.2 Å². The predicted octanol–water partition coefficient (Wildman–Crippen LogP) is 3.40. The van der Waals surface area contributed by atoms with Gasteiger partial charge >= 0.3 is 0 Å². The SMILES string of the molecule is CCCCCCN1C(=O)/C(=C/c2ccc3c(c2)OCO3)N(C)C1=S. The molecule has 1 aromatic rings. The highest BCUT2D eigenvalue weighted by molar-refractivity contribution is 7.80. The van der Waals surface area contributed by atoms with Gasteiger partial charge in [0.25, 0.3) is 5.91 Å². The molecule has 1 aromatic carbocycles. The van der Waals surface area contributed by atoms with E-state index in [1.54, 1.807) is 9.80 Å². The van der Waals surface area contributed by atoms with Gasteiger partial charge in [-0.05, 0) is 42.4 Å². The van der Waals surface area contributed by atoms with E-state index >= 15 is 0 Å². The molecule has 6 heteroatoms. The molecule has 2 aliphatic heterocycles. The Bertz CT molecular complexity index is 687. The summed E-state index contributed by atoms with van der Waals surface area (Å²) in [5.41, 5.74) is 1.49. The zero-order chi connectivity index (χ0) is 17.1. The minimum atomic E-state index is -0.0309. The van der Waals surface area contributed by atoms with Crippen LogP contribution in [0.5, 0.6) is 11.5 Å². The molecule has 2 aliphatic rings. The van der Waals surface area contributed by atoms with Crippen LogP contribution in [-0.4, -0.2) is 41.2 Å². The van der Waals surface area contributed by atoms with Gasteiger partial charge in [0, 0.05) is 13.6 Å². The summed E-state index contributed by atoms with van der Waals surface area (Å²) in [7, 11) is 1.84. The van der Waals surface area contributed by atoms with Crippen LogP contribution in [0, 0.1) is 0 Å². The number of rotatable bonds is 6. The Morgan fingerprint density at radius 2 is 2.00 bits per heavy atom. The third kappa shape index (κ3) is 3.24. The van der Waals surface area contributed by atoms with Crippen LogP contribution in [0.25, 0.3) is 6.08 Å². The van der Waals surface area contributed by atoms with Crippen LogP contribution in [0.1, 0.15) is 38.2 Å². The van der Waals surface area contributed by atoms with Gasteiger partial charge in [-0.3, -0.25) is 9.69 Å². The molecule has 0 aliphatic carbocycles. The van der Waals surface area contributed by atoms with Crippen LogP contribution in [0.4, 0.5) is 0 Å². The average Bonchev–Trinajstić information content (AvgIpc) is 3.12. The first-order valence-corrected chi connectivity index (χ1v) is 8.73. The van der Waals surface area contributed by atoms with E-state index < -0.39 is 0 Å². The molecule has 1 amide bonds. The van der Waals surface area contributed by atoms with Crippen molar-refractivity contribution in [3.05, 3.63) is 29.5 Å². The predicted molar refractivity (Wildman–Crippen MR) is 96.8 cm³/mol. The number of fused-ring (bicyclic) bond motifs is 1. The molecule has 0 radical (unpaired) electrons. The van der Waals surface area contributed by atoms with E-state index in [0.29, 0.717) is 23.1 Å². The second-order valence-corrected chi connectivity index (χ2v) is 6.37.